The van der Waals surface area contributed by atoms with E-state index >= 15 is 0 Å². The van der Waals surface area contributed by atoms with Crippen molar-refractivity contribution < 1.29 is 17.4 Å². The minimum Gasteiger partial charge on any atom is -0.384 e. The molecule has 4 rings (SSSR count). The SMILES string of the molecule is CC(C)N(CCNc1ccc(S(=O)(=O)Oc2ccc3nc(NC(=O)C4CC4)sc3c2)cc1)C(C)C. The van der Waals surface area contributed by atoms with Gasteiger partial charge in [-0.25, -0.2) is 4.98 Å². The average Bonchev–Trinajstić information content (AvgIpc) is 3.57. The van der Waals surface area contributed by atoms with Crippen LogP contribution in [0.25, 0.3) is 10.2 Å². The molecule has 0 radical (unpaired) electrons. The van der Waals surface area contributed by atoms with Crippen LogP contribution in [0.3, 0.4) is 0 Å². The number of nitrogens with zero attached hydrogens (tertiary/aromatic N) is 2. The molecule has 1 aliphatic carbocycles. The van der Waals surface area contributed by atoms with E-state index in [2.05, 4.69) is 48.2 Å². The molecule has 0 saturated heterocycles. The summed E-state index contributed by atoms with van der Waals surface area (Å²) in [6.45, 7) is 10.4. The number of hydrogen-bond donors (Lipinski definition) is 2. The summed E-state index contributed by atoms with van der Waals surface area (Å²) in [5.74, 6) is 0.270. The van der Waals surface area contributed by atoms with Gasteiger partial charge in [-0.1, -0.05) is 11.3 Å². The van der Waals surface area contributed by atoms with E-state index in [1.54, 1.807) is 30.3 Å². The molecular formula is C25H32N4O4S2. The molecule has 188 valence electrons. The predicted molar refractivity (Wildman–Crippen MR) is 141 cm³/mol. The third kappa shape index (κ3) is 6.50. The van der Waals surface area contributed by atoms with Gasteiger partial charge in [0.15, 0.2) is 5.13 Å². The predicted octanol–water partition coefficient (Wildman–Crippen LogP) is 4.94. The van der Waals surface area contributed by atoms with E-state index in [1.165, 1.54) is 23.5 Å². The molecule has 35 heavy (non-hydrogen) atoms. The lowest BCUT2D eigenvalue weighted by atomic mass is 10.2. The van der Waals surface area contributed by atoms with Gasteiger partial charge in [0.1, 0.15) is 10.6 Å². The lowest BCUT2D eigenvalue weighted by Crippen LogP contribution is -2.40. The number of carbonyl (C=O) groups is 1. The largest absolute Gasteiger partial charge is 0.384 e. The molecule has 0 aliphatic heterocycles. The molecule has 2 N–H and O–H groups in total. The van der Waals surface area contributed by atoms with Crippen LogP contribution >= 0.6 is 11.3 Å². The second-order valence-electron chi connectivity index (χ2n) is 9.33. The van der Waals surface area contributed by atoms with E-state index in [1.807, 2.05) is 0 Å². The third-order valence-corrected chi connectivity index (χ3v) is 8.11. The standard InChI is InChI=1S/C25H32N4O4S2/c1-16(2)29(17(3)4)14-13-26-19-7-10-21(11-8-19)35(31,32)33-20-9-12-22-23(15-20)34-25(27-22)28-24(30)18-5-6-18/h7-12,15-18,26H,5-6,13-14H2,1-4H3,(H,27,28,30). The summed E-state index contributed by atoms with van der Waals surface area (Å²) in [4.78, 5) is 18.8. The molecule has 0 spiro atoms. The van der Waals surface area contributed by atoms with Gasteiger partial charge in [-0.05, 0) is 76.9 Å². The van der Waals surface area contributed by atoms with Crippen LogP contribution in [-0.2, 0) is 14.9 Å². The molecule has 1 amide bonds. The van der Waals surface area contributed by atoms with Crippen molar-refractivity contribution in [1.29, 1.82) is 0 Å². The van der Waals surface area contributed by atoms with Crippen LogP contribution in [-0.4, -0.2) is 49.4 Å². The Hall–Kier alpha value is -2.69. The maximum atomic E-state index is 12.8. The molecule has 0 unspecified atom stereocenters. The normalized spacial score (nSPS) is 14.1. The Kier molecular flexibility index (Phi) is 7.63. The summed E-state index contributed by atoms with van der Waals surface area (Å²) in [7, 11) is -3.99. The smallest absolute Gasteiger partial charge is 0.339 e. The van der Waals surface area contributed by atoms with Crippen molar-refractivity contribution in [2.24, 2.45) is 5.92 Å². The number of amides is 1. The fraction of sp³-hybridized carbons (Fsp3) is 0.440. The number of fused-ring (bicyclic) bond motifs is 1. The Morgan fingerprint density at radius 2 is 1.80 bits per heavy atom. The van der Waals surface area contributed by atoms with Gasteiger partial charge in [0.2, 0.25) is 5.91 Å². The van der Waals surface area contributed by atoms with E-state index in [-0.39, 0.29) is 22.5 Å². The van der Waals surface area contributed by atoms with Crippen molar-refractivity contribution >= 4 is 48.4 Å². The summed E-state index contributed by atoms with van der Waals surface area (Å²) in [5.41, 5.74) is 1.53. The summed E-state index contributed by atoms with van der Waals surface area (Å²) in [6.07, 6.45) is 1.83. The maximum Gasteiger partial charge on any atom is 0.339 e. The minimum atomic E-state index is -3.99. The Bertz CT molecular complexity index is 1270. The van der Waals surface area contributed by atoms with Gasteiger partial charge in [-0.3, -0.25) is 9.69 Å². The second kappa shape index (κ2) is 10.5. The fourth-order valence-corrected chi connectivity index (χ4v) is 5.74. The highest BCUT2D eigenvalue weighted by atomic mass is 32.2. The number of rotatable bonds is 11. The van der Waals surface area contributed by atoms with E-state index in [9.17, 15) is 13.2 Å². The van der Waals surface area contributed by atoms with Gasteiger partial charge in [-0.2, -0.15) is 8.42 Å². The quantitative estimate of drug-likeness (QED) is 0.348. The van der Waals surface area contributed by atoms with Gasteiger partial charge in [0.05, 0.1) is 10.2 Å². The van der Waals surface area contributed by atoms with Crippen molar-refractivity contribution in [3.8, 4) is 5.75 Å². The number of thiazole rings is 1. The lowest BCUT2D eigenvalue weighted by molar-refractivity contribution is -0.117. The van der Waals surface area contributed by atoms with Crippen molar-refractivity contribution in [3.63, 3.8) is 0 Å². The lowest BCUT2D eigenvalue weighted by Gasteiger charge is -2.30. The van der Waals surface area contributed by atoms with Crippen LogP contribution in [0.4, 0.5) is 10.8 Å². The maximum absolute atomic E-state index is 12.8. The molecule has 1 fully saturated rings. The molecule has 2 aromatic carbocycles. The van der Waals surface area contributed by atoms with Crippen LogP contribution in [0.5, 0.6) is 5.75 Å². The summed E-state index contributed by atoms with van der Waals surface area (Å²) in [5, 5.41) is 6.68. The van der Waals surface area contributed by atoms with Crippen LogP contribution in [0.1, 0.15) is 40.5 Å². The summed E-state index contributed by atoms with van der Waals surface area (Å²) in [6, 6.07) is 12.4. The van der Waals surface area contributed by atoms with E-state index in [0.29, 0.717) is 22.7 Å². The zero-order valence-electron chi connectivity index (χ0n) is 20.4. The topological polar surface area (TPSA) is 101 Å². The molecule has 1 aromatic heterocycles. The number of benzene rings is 2. The van der Waals surface area contributed by atoms with Gasteiger partial charge in [-0.15, -0.1) is 0 Å². The average molecular weight is 517 g/mol. The van der Waals surface area contributed by atoms with Crippen LogP contribution < -0.4 is 14.8 Å². The van der Waals surface area contributed by atoms with Gasteiger partial charge in [0.25, 0.3) is 0 Å². The zero-order chi connectivity index (χ0) is 25.2. The fourth-order valence-electron chi connectivity index (χ4n) is 3.92. The number of carbonyl (C=O) groups excluding carboxylic acids is 1. The van der Waals surface area contributed by atoms with Gasteiger partial charge < -0.3 is 14.8 Å². The molecule has 10 heteroatoms. The Morgan fingerprint density at radius 1 is 1.11 bits per heavy atom. The molecule has 8 nitrogen and oxygen atoms in total. The summed E-state index contributed by atoms with van der Waals surface area (Å²) >= 11 is 1.29. The van der Waals surface area contributed by atoms with Crippen LogP contribution in [0.2, 0.25) is 0 Å². The highest BCUT2D eigenvalue weighted by Crippen LogP contribution is 2.33. The van der Waals surface area contributed by atoms with Crippen LogP contribution in [0.15, 0.2) is 47.4 Å². The minimum absolute atomic E-state index is 0.0155. The first-order chi connectivity index (χ1) is 16.6. The van der Waals surface area contributed by atoms with E-state index in [4.69, 9.17) is 4.18 Å². The van der Waals surface area contributed by atoms with Crippen LogP contribution in [0, 0.1) is 5.92 Å². The Balaban J connectivity index is 1.37. The third-order valence-electron chi connectivity index (χ3n) is 5.91. The molecular weight excluding hydrogens is 484 g/mol. The molecule has 0 atom stereocenters. The number of aromatic nitrogens is 1. The molecule has 0 bridgehead atoms. The van der Waals surface area contributed by atoms with E-state index in [0.717, 1.165) is 36.3 Å². The van der Waals surface area contributed by atoms with Crippen molar-refractivity contribution in [2.75, 3.05) is 23.7 Å². The number of anilines is 2. The van der Waals surface area contributed by atoms with E-state index < -0.39 is 10.1 Å². The first kappa shape index (κ1) is 25.4. The van der Waals surface area contributed by atoms with Crippen molar-refractivity contribution in [2.45, 2.75) is 57.5 Å². The van der Waals surface area contributed by atoms with Gasteiger partial charge >= 0.3 is 10.1 Å². The highest BCUT2D eigenvalue weighted by Gasteiger charge is 2.30. The van der Waals surface area contributed by atoms with Gasteiger partial charge in [0, 0.05) is 42.8 Å². The number of nitrogens with one attached hydrogen (secondary N) is 2. The van der Waals surface area contributed by atoms with Crippen molar-refractivity contribution in [3.05, 3.63) is 42.5 Å². The second-order valence-corrected chi connectivity index (χ2v) is 11.9. The molecule has 1 saturated carbocycles. The molecule has 3 aromatic rings. The van der Waals surface area contributed by atoms with Crippen molar-refractivity contribution in [1.82, 2.24) is 9.88 Å². The monoisotopic (exact) mass is 516 g/mol. The first-order valence-electron chi connectivity index (χ1n) is 11.9. The Labute approximate surface area is 210 Å². The molecule has 1 aliphatic rings. The zero-order valence-corrected chi connectivity index (χ0v) is 22.1. The highest BCUT2D eigenvalue weighted by molar-refractivity contribution is 7.87. The molecule has 1 heterocycles. The Morgan fingerprint density at radius 3 is 2.43 bits per heavy atom. The number of hydrogen-bond acceptors (Lipinski definition) is 8. The summed E-state index contributed by atoms with van der Waals surface area (Å²) < 4.78 is 31.7. The first-order valence-corrected chi connectivity index (χ1v) is 14.1.